The SMILES string of the molecule is Cc1ccc(C(=O)C(C)N2CCCC2C(C)C)cc1. The van der Waals surface area contributed by atoms with E-state index < -0.39 is 0 Å². The van der Waals surface area contributed by atoms with Gasteiger partial charge in [-0.3, -0.25) is 9.69 Å². The second kappa shape index (κ2) is 5.87. The first-order valence-electron chi connectivity index (χ1n) is 7.37. The fourth-order valence-corrected chi connectivity index (χ4v) is 3.12. The van der Waals surface area contributed by atoms with Crippen LogP contribution in [0, 0.1) is 12.8 Å². The molecule has 0 bridgehead atoms. The molecule has 0 saturated carbocycles. The Morgan fingerprint density at radius 1 is 1.21 bits per heavy atom. The standard InChI is InChI=1S/C17H25NO/c1-12(2)16-6-5-11-18(16)14(4)17(19)15-9-7-13(3)8-10-15/h7-10,12,14,16H,5-6,11H2,1-4H3. The normalized spacial score (nSPS) is 21.8. The minimum Gasteiger partial charge on any atom is -0.292 e. The van der Waals surface area contributed by atoms with Gasteiger partial charge in [0.05, 0.1) is 6.04 Å². The summed E-state index contributed by atoms with van der Waals surface area (Å²) < 4.78 is 0. The first-order chi connectivity index (χ1) is 9.00. The van der Waals surface area contributed by atoms with Crippen LogP contribution >= 0.6 is 0 Å². The Bertz CT molecular complexity index is 435. The molecule has 0 radical (unpaired) electrons. The molecule has 0 amide bonds. The summed E-state index contributed by atoms with van der Waals surface area (Å²) >= 11 is 0. The van der Waals surface area contributed by atoms with E-state index in [4.69, 9.17) is 0 Å². The molecule has 1 heterocycles. The van der Waals surface area contributed by atoms with E-state index in [1.165, 1.54) is 18.4 Å². The van der Waals surface area contributed by atoms with Gasteiger partial charge in [-0.1, -0.05) is 43.7 Å². The molecule has 2 atom stereocenters. The number of rotatable bonds is 4. The highest BCUT2D eigenvalue weighted by Crippen LogP contribution is 2.27. The van der Waals surface area contributed by atoms with Gasteiger partial charge < -0.3 is 0 Å². The Morgan fingerprint density at radius 3 is 2.42 bits per heavy atom. The van der Waals surface area contributed by atoms with Crippen molar-refractivity contribution in [2.75, 3.05) is 6.54 Å². The fraction of sp³-hybridized carbons (Fsp3) is 0.588. The van der Waals surface area contributed by atoms with Crippen LogP contribution in [0.25, 0.3) is 0 Å². The number of hydrogen-bond donors (Lipinski definition) is 0. The van der Waals surface area contributed by atoms with E-state index in [2.05, 4.69) is 25.7 Å². The van der Waals surface area contributed by atoms with E-state index in [1.54, 1.807) is 0 Å². The average Bonchev–Trinajstić information content (AvgIpc) is 2.87. The molecule has 2 heteroatoms. The van der Waals surface area contributed by atoms with Crippen LogP contribution in [0.4, 0.5) is 0 Å². The molecular weight excluding hydrogens is 234 g/mol. The topological polar surface area (TPSA) is 20.3 Å². The van der Waals surface area contributed by atoms with Crippen molar-refractivity contribution >= 4 is 5.78 Å². The average molecular weight is 259 g/mol. The lowest BCUT2D eigenvalue weighted by Gasteiger charge is -2.32. The summed E-state index contributed by atoms with van der Waals surface area (Å²) in [4.78, 5) is 15.0. The van der Waals surface area contributed by atoms with Gasteiger partial charge in [0.15, 0.2) is 5.78 Å². The van der Waals surface area contributed by atoms with Gasteiger partial charge in [-0.2, -0.15) is 0 Å². The molecule has 1 fully saturated rings. The molecular formula is C17H25NO. The third-order valence-corrected chi connectivity index (χ3v) is 4.32. The Morgan fingerprint density at radius 2 is 1.84 bits per heavy atom. The van der Waals surface area contributed by atoms with Gasteiger partial charge in [0.1, 0.15) is 0 Å². The summed E-state index contributed by atoms with van der Waals surface area (Å²) in [5.41, 5.74) is 2.04. The molecule has 2 rings (SSSR count). The molecule has 1 aromatic carbocycles. The maximum Gasteiger partial charge on any atom is 0.179 e. The summed E-state index contributed by atoms with van der Waals surface area (Å²) in [5, 5.41) is 0. The van der Waals surface area contributed by atoms with Gasteiger partial charge in [0.25, 0.3) is 0 Å². The lowest BCUT2D eigenvalue weighted by Crippen LogP contribution is -2.44. The third kappa shape index (κ3) is 3.06. The van der Waals surface area contributed by atoms with Crippen LogP contribution in [-0.2, 0) is 0 Å². The Kier molecular flexibility index (Phi) is 4.41. The van der Waals surface area contributed by atoms with Crippen molar-refractivity contribution in [2.45, 2.75) is 52.6 Å². The maximum absolute atomic E-state index is 12.6. The number of nitrogens with zero attached hydrogens (tertiary/aromatic N) is 1. The zero-order chi connectivity index (χ0) is 14.0. The van der Waals surface area contributed by atoms with Crippen LogP contribution in [-0.4, -0.2) is 29.3 Å². The van der Waals surface area contributed by atoms with E-state index >= 15 is 0 Å². The van der Waals surface area contributed by atoms with E-state index in [0.29, 0.717) is 12.0 Å². The summed E-state index contributed by atoms with van der Waals surface area (Å²) in [5.74, 6) is 0.878. The zero-order valence-electron chi connectivity index (χ0n) is 12.5. The van der Waals surface area contributed by atoms with E-state index in [0.717, 1.165) is 12.1 Å². The second-order valence-electron chi connectivity index (χ2n) is 6.10. The number of aryl methyl sites for hydroxylation is 1. The van der Waals surface area contributed by atoms with Crippen LogP contribution in [0.1, 0.15) is 49.5 Å². The minimum atomic E-state index is -0.00222. The van der Waals surface area contributed by atoms with Crippen molar-refractivity contribution in [3.05, 3.63) is 35.4 Å². The smallest absolute Gasteiger partial charge is 0.179 e. The van der Waals surface area contributed by atoms with Gasteiger partial charge >= 0.3 is 0 Å². The summed E-state index contributed by atoms with van der Waals surface area (Å²) in [6.07, 6.45) is 2.44. The van der Waals surface area contributed by atoms with Gasteiger partial charge in [-0.05, 0) is 39.2 Å². The Hall–Kier alpha value is -1.15. The minimum absolute atomic E-state index is 0.00222. The highest BCUT2D eigenvalue weighted by atomic mass is 16.1. The number of benzene rings is 1. The number of Topliss-reactive ketones (excluding diaryl/α,β-unsaturated/α-hetero) is 1. The summed E-state index contributed by atoms with van der Waals surface area (Å²) in [6, 6.07) is 8.50. The molecule has 104 valence electrons. The fourth-order valence-electron chi connectivity index (χ4n) is 3.12. The van der Waals surface area contributed by atoms with Crippen LogP contribution in [0.2, 0.25) is 0 Å². The van der Waals surface area contributed by atoms with E-state index in [-0.39, 0.29) is 11.8 Å². The van der Waals surface area contributed by atoms with Crippen molar-refractivity contribution in [3.63, 3.8) is 0 Å². The predicted molar refractivity (Wildman–Crippen MR) is 79.5 cm³/mol. The molecule has 0 aromatic heterocycles. The highest BCUT2D eigenvalue weighted by molar-refractivity contribution is 5.99. The molecule has 1 aromatic rings. The molecule has 2 unspecified atom stereocenters. The largest absolute Gasteiger partial charge is 0.292 e. The number of likely N-dealkylation sites (tertiary alicyclic amines) is 1. The van der Waals surface area contributed by atoms with Crippen LogP contribution in [0.5, 0.6) is 0 Å². The van der Waals surface area contributed by atoms with Crippen LogP contribution in [0.15, 0.2) is 24.3 Å². The molecule has 2 nitrogen and oxygen atoms in total. The van der Waals surface area contributed by atoms with Crippen molar-refractivity contribution in [2.24, 2.45) is 5.92 Å². The van der Waals surface area contributed by atoms with E-state index in [9.17, 15) is 4.79 Å². The molecule has 0 spiro atoms. The van der Waals surface area contributed by atoms with Crippen molar-refractivity contribution in [1.29, 1.82) is 0 Å². The summed E-state index contributed by atoms with van der Waals surface area (Å²) in [6.45, 7) is 9.68. The number of hydrogen-bond acceptors (Lipinski definition) is 2. The lowest BCUT2D eigenvalue weighted by molar-refractivity contribution is 0.0785. The molecule has 1 saturated heterocycles. The van der Waals surface area contributed by atoms with Crippen molar-refractivity contribution in [3.8, 4) is 0 Å². The Balaban J connectivity index is 2.12. The van der Waals surface area contributed by atoms with Gasteiger partial charge in [0, 0.05) is 11.6 Å². The number of carbonyl (C=O) groups excluding carboxylic acids is 1. The van der Waals surface area contributed by atoms with Crippen molar-refractivity contribution < 1.29 is 4.79 Å². The van der Waals surface area contributed by atoms with Gasteiger partial charge in [0.2, 0.25) is 0 Å². The molecule has 19 heavy (non-hydrogen) atoms. The first kappa shape index (κ1) is 14.3. The van der Waals surface area contributed by atoms with Crippen LogP contribution in [0.3, 0.4) is 0 Å². The summed E-state index contributed by atoms with van der Waals surface area (Å²) in [7, 11) is 0. The molecule has 1 aliphatic heterocycles. The maximum atomic E-state index is 12.6. The highest BCUT2D eigenvalue weighted by Gasteiger charge is 2.33. The van der Waals surface area contributed by atoms with E-state index in [1.807, 2.05) is 31.2 Å². The number of carbonyl (C=O) groups is 1. The lowest BCUT2D eigenvalue weighted by atomic mass is 9.98. The predicted octanol–water partition coefficient (Wildman–Crippen LogP) is 3.69. The quantitative estimate of drug-likeness (QED) is 0.769. The molecule has 0 N–H and O–H groups in total. The molecule has 1 aliphatic rings. The zero-order valence-corrected chi connectivity index (χ0v) is 12.5. The van der Waals surface area contributed by atoms with Crippen molar-refractivity contribution in [1.82, 2.24) is 4.90 Å². The van der Waals surface area contributed by atoms with Gasteiger partial charge in [-0.15, -0.1) is 0 Å². The van der Waals surface area contributed by atoms with Crippen LogP contribution < -0.4 is 0 Å². The second-order valence-corrected chi connectivity index (χ2v) is 6.10. The number of ketones is 1. The Labute approximate surface area is 116 Å². The monoisotopic (exact) mass is 259 g/mol. The molecule has 0 aliphatic carbocycles. The first-order valence-corrected chi connectivity index (χ1v) is 7.37. The van der Waals surface area contributed by atoms with Gasteiger partial charge in [-0.25, -0.2) is 0 Å². The third-order valence-electron chi connectivity index (χ3n) is 4.32.